The van der Waals surface area contributed by atoms with Gasteiger partial charge in [0.25, 0.3) is 0 Å². The van der Waals surface area contributed by atoms with Crippen LogP contribution in [0.2, 0.25) is 0 Å². The van der Waals surface area contributed by atoms with Gasteiger partial charge in [-0.05, 0) is 25.8 Å². The molecular formula is C12H21NO3. The van der Waals surface area contributed by atoms with E-state index < -0.39 is 0 Å². The molecule has 4 nitrogen and oxygen atoms in total. The number of nitrogens with zero attached hydrogens (tertiary/aromatic N) is 1. The number of methoxy groups -OCH3 is 1. The molecule has 92 valence electrons. The zero-order valence-corrected chi connectivity index (χ0v) is 10.2. The second-order valence-corrected chi connectivity index (χ2v) is 4.17. The molecule has 1 fully saturated rings. The van der Waals surface area contributed by atoms with Crippen LogP contribution in [0.25, 0.3) is 0 Å². The fourth-order valence-corrected chi connectivity index (χ4v) is 2.00. The van der Waals surface area contributed by atoms with Gasteiger partial charge in [-0.1, -0.05) is 6.58 Å². The second-order valence-electron chi connectivity index (χ2n) is 4.17. The molecule has 0 radical (unpaired) electrons. The van der Waals surface area contributed by atoms with Crippen molar-refractivity contribution in [1.82, 2.24) is 4.90 Å². The first-order chi connectivity index (χ1) is 7.67. The highest BCUT2D eigenvalue weighted by molar-refractivity contribution is 5.88. The molecule has 4 heteroatoms. The third-order valence-electron chi connectivity index (χ3n) is 2.75. The van der Waals surface area contributed by atoms with Crippen LogP contribution in [-0.4, -0.2) is 50.8 Å². The third kappa shape index (κ3) is 3.94. The molecule has 0 aliphatic carbocycles. The average molecular weight is 227 g/mol. The lowest BCUT2D eigenvalue weighted by molar-refractivity contribution is -0.138. The number of hydrogen-bond donors (Lipinski definition) is 0. The number of ether oxygens (including phenoxy) is 2. The maximum Gasteiger partial charge on any atom is 0.334 e. The van der Waals surface area contributed by atoms with Crippen molar-refractivity contribution >= 4 is 5.97 Å². The lowest BCUT2D eigenvalue weighted by atomic mass is 10.1. The summed E-state index contributed by atoms with van der Waals surface area (Å²) in [7, 11) is 1.72. The van der Waals surface area contributed by atoms with E-state index in [1.807, 2.05) is 0 Å². The Kier molecular flexibility index (Phi) is 5.49. The minimum Gasteiger partial charge on any atom is -0.463 e. The number of carbonyl (C=O) groups excluding carboxylic acids is 1. The molecule has 0 aromatic rings. The van der Waals surface area contributed by atoms with Crippen LogP contribution in [0.1, 0.15) is 13.3 Å². The Labute approximate surface area is 97.2 Å². The van der Waals surface area contributed by atoms with Crippen LogP contribution in [0.5, 0.6) is 0 Å². The van der Waals surface area contributed by atoms with Gasteiger partial charge < -0.3 is 9.47 Å². The van der Waals surface area contributed by atoms with E-state index in [0.717, 1.165) is 26.1 Å². The Balaban J connectivity index is 2.28. The topological polar surface area (TPSA) is 38.8 Å². The Hall–Kier alpha value is -0.870. The minimum absolute atomic E-state index is 0.280. The zero-order chi connectivity index (χ0) is 12.0. The highest BCUT2D eigenvalue weighted by Gasteiger charge is 2.23. The molecule has 0 amide bonds. The normalized spacial score (nSPS) is 21.0. The van der Waals surface area contributed by atoms with Gasteiger partial charge in [0, 0.05) is 25.8 Å². The van der Waals surface area contributed by atoms with Crippen LogP contribution in [0, 0.1) is 5.92 Å². The van der Waals surface area contributed by atoms with Gasteiger partial charge in [-0.3, -0.25) is 4.90 Å². The SMILES string of the molecule is C=C(CN1CCC(COC)C1)C(=O)OCC. The summed E-state index contributed by atoms with van der Waals surface area (Å²) in [5.74, 6) is 0.303. The Morgan fingerprint density at radius 1 is 1.56 bits per heavy atom. The summed E-state index contributed by atoms with van der Waals surface area (Å²) in [4.78, 5) is 13.6. The molecule has 1 aliphatic heterocycles. The van der Waals surface area contributed by atoms with Crippen molar-refractivity contribution in [3.8, 4) is 0 Å². The first-order valence-corrected chi connectivity index (χ1v) is 5.73. The van der Waals surface area contributed by atoms with E-state index in [-0.39, 0.29) is 5.97 Å². The number of carbonyl (C=O) groups is 1. The summed E-state index contributed by atoms with van der Waals surface area (Å²) in [5, 5.41) is 0. The molecule has 1 aliphatic rings. The van der Waals surface area contributed by atoms with E-state index in [2.05, 4.69) is 11.5 Å². The Morgan fingerprint density at radius 3 is 2.94 bits per heavy atom. The highest BCUT2D eigenvalue weighted by atomic mass is 16.5. The van der Waals surface area contributed by atoms with Gasteiger partial charge in [0.2, 0.25) is 0 Å². The smallest absolute Gasteiger partial charge is 0.334 e. The van der Waals surface area contributed by atoms with E-state index in [1.165, 1.54) is 0 Å². The molecule has 1 atom stereocenters. The summed E-state index contributed by atoms with van der Waals surface area (Å²) in [6.45, 7) is 9.36. The molecular weight excluding hydrogens is 206 g/mol. The molecule has 0 bridgehead atoms. The molecule has 0 N–H and O–H groups in total. The summed E-state index contributed by atoms with van der Waals surface area (Å²) < 4.78 is 10.0. The fraction of sp³-hybridized carbons (Fsp3) is 0.750. The predicted octanol–water partition coefficient (Wildman–Crippen LogP) is 1.07. The van der Waals surface area contributed by atoms with Gasteiger partial charge in [-0.25, -0.2) is 4.79 Å². The van der Waals surface area contributed by atoms with Crippen molar-refractivity contribution in [2.24, 2.45) is 5.92 Å². The molecule has 1 saturated heterocycles. The maximum absolute atomic E-state index is 11.4. The number of rotatable bonds is 6. The summed E-state index contributed by atoms with van der Waals surface area (Å²) in [6.07, 6.45) is 1.13. The van der Waals surface area contributed by atoms with E-state index >= 15 is 0 Å². The molecule has 0 spiro atoms. The summed E-state index contributed by atoms with van der Waals surface area (Å²) >= 11 is 0. The van der Waals surface area contributed by atoms with Crippen molar-refractivity contribution in [2.75, 3.05) is 40.0 Å². The molecule has 1 rings (SSSR count). The molecule has 0 saturated carbocycles. The molecule has 1 heterocycles. The van der Waals surface area contributed by atoms with Gasteiger partial charge in [0.05, 0.1) is 13.2 Å². The predicted molar refractivity (Wildman–Crippen MR) is 62.2 cm³/mol. The van der Waals surface area contributed by atoms with E-state index in [4.69, 9.17) is 9.47 Å². The van der Waals surface area contributed by atoms with Crippen molar-refractivity contribution in [3.05, 3.63) is 12.2 Å². The van der Waals surface area contributed by atoms with Crippen molar-refractivity contribution < 1.29 is 14.3 Å². The fourth-order valence-electron chi connectivity index (χ4n) is 2.00. The van der Waals surface area contributed by atoms with Crippen molar-refractivity contribution in [1.29, 1.82) is 0 Å². The van der Waals surface area contributed by atoms with Crippen LogP contribution < -0.4 is 0 Å². The summed E-state index contributed by atoms with van der Waals surface area (Å²) in [5.41, 5.74) is 0.542. The van der Waals surface area contributed by atoms with Gasteiger partial charge in [-0.2, -0.15) is 0 Å². The van der Waals surface area contributed by atoms with Gasteiger partial charge >= 0.3 is 5.97 Å². The van der Waals surface area contributed by atoms with Crippen LogP contribution >= 0.6 is 0 Å². The minimum atomic E-state index is -0.280. The molecule has 1 unspecified atom stereocenters. The third-order valence-corrected chi connectivity index (χ3v) is 2.75. The van der Waals surface area contributed by atoms with Crippen LogP contribution in [0.15, 0.2) is 12.2 Å². The lowest BCUT2D eigenvalue weighted by Crippen LogP contribution is -2.27. The van der Waals surface area contributed by atoms with Crippen LogP contribution in [0.4, 0.5) is 0 Å². The number of hydrogen-bond acceptors (Lipinski definition) is 4. The average Bonchev–Trinajstić information content (AvgIpc) is 2.66. The monoisotopic (exact) mass is 227 g/mol. The highest BCUT2D eigenvalue weighted by Crippen LogP contribution is 2.17. The first kappa shape index (κ1) is 13.2. The van der Waals surface area contributed by atoms with Crippen LogP contribution in [-0.2, 0) is 14.3 Å². The largest absolute Gasteiger partial charge is 0.463 e. The lowest BCUT2D eigenvalue weighted by Gasteiger charge is -2.16. The van der Waals surface area contributed by atoms with Gasteiger partial charge in [0.1, 0.15) is 0 Å². The molecule has 0 aromatic heterocycles. The van der Waals surface area contributed by atoms with Crippen molar-refractivity contribution in [2.45, 2.75) is 13.3 Å². The Morgan fingerprint density at radius 2 is 2.31 bits per heavy atom. The standard InChI is InChI=1S/C12H21NO3/c1-4-16-12(14)10(2)7-13-6-5-11(8-13)9-15-3/h11H,2,4-9H2,1,3H3. The molecule has 0 aromatic carbocycles. The van der Waals surface area contributed by atoms with Gasteiger partial charge in [0.15, 0.2) is 0 Å². The first-order valence-electron chi connectivity index (χ1n) is 5.73. The van der Waals surface area contributed by atoms with E-state index in [0.29, 0.717) is 24.6 Å². The number of likely N-dealkylation sites (tertiary alicyclic amines) is 1. The molecule has 16 heavy (non-hydrogen) atoms. The van der Waals surface area contributed by atoms with Crippen molar-refractivity contribution in [3.63, 3.8) is 0 Å². The van der Waals surface area contributed by atoms with E-state index in [1.54, 1.807) is 14.0 Å². The Bertz CT molecular complexity index is 253. The zero-order valence-electron chi connectivity index (χ0n) is 10.2. The van der Waals surface area contributed by atoms with Crippen LogP contribution in [0.3, 0.4) is 0 Å². The maximum atomic E-state index is 11.4. The van der Waals surface area contributed by atoms with E-state index in [9.17, 15) is 4.79 Å². The number of esters is 1. The quantitative estimate of drug-likeness (QED) is 0.502. The van der Waals surface area contributed by atoms with Gasteiger partial charge in [-0.15, -0.1) is 0 Å². The second kappa shape index (κ2) is 6.66. The summed E-state index contributed by atoms with van der Waals surface area (Å²) in [6, 6.07) is 0.